The van der Waals surface area contributed by atoms with E-state index in [1.165, 1.54) is 23.9 Å². The first-order valence-corrected chi connectivity index (χ1v) is 7.35. The number of hydrogen-bond donors (Lipinski definition) is 1. The first-order valence-electron chi connectivity index (χ1n) is 6.53. The predicted molar refractivity (Wildman–Crippen MR) is 77.6 cm³/mol. The van der Waals surface area contributed by atoms with E-state index >= 15 is 0 Å². The highest BCUT2D eigenvalue weighted by Crippen LogP contribution is 2.26. The van der Waals surface area contributed by atoms with Crippen LogP contribution in [0.3, 0.4) is 0 Å². The highest BCUT2D eigenvalue weighted by Gasteiger charge is 2.12. The zero-order valence-corrected chi connectivity index (χ0v) is 11.7. The molecule has 104 valence electrons. The number of hydrogen-bond acceptors (Lipinski definition) is 5. The highest BCUT2D eigenvalue weighted by atomic mass is 32.2. The smallest absolute Gasteiger partial charge is 0.194 e. The third kappa shape index (κ3) is 3.26. The molecule has 1 aliphatic heterocycles. The van der Waals surface area contributed by atoms with Gasteiger partial charge in [-0.2, -0.15) is 0 Å². The molecular formula is C14H15FN4S. The van der Waals surface area contributed by atoms with Gasteiger partial charge in [0.25, 0.3) is 0 Å². The van der Waals surface area contributed by atoms with Crippen molar-refractivity contribution in [1.29, 1.82) is 0 Å². The lowest BCUT2D eigenvalue weighted by molar-refractivity contribution is 0.582. The normalized spacial score (nSPS) is 15.3. The van der Waals surface area contributed by atoms with Gasteiger partial charge >= 0.3 is 0 Å². The molecule has 0 atom stereocenters. The number of rotatable bonds is 3. The van der Waals surface area contributed by atoms with E-state index in [0.29, 0.717) is 5.16 Å². The third-order valence-corrected chi connectivity index (χ3v) is 3.93. The molecule has 3 rings (SSSR count). The maximum absolute atomic E-state index is 13.2. The van der Waals surface area contributed by atoms with E-state index in [1.807, 2.05) is 12.1 Å². The number of halogens is 1. The predicted octanol–water partition coefficient (Wildman–Crippen LogP) is 2.18. The van der Waals surface area contributed by atoms with Gasteiger partial charge in [-0.15, -0.1) is 0 Å². The molecule has 1 fully saturated rings. The van der Waals surface area contributed by atoms with Crippen molar-refractivity contribution in [3.63, 3.8) is 0 Å². The van der Waals surface area contributed by atoms with Crippen LogP contribution in [0.25, 0.3) is 0 Å². The van der Waals surface area contributed by atoms with Gasteiger partial charge < -0.3 is 10.2 Å². The summed E-state index contributed by atoms with van der Waals surface area (Å²) in [6.07, 6.45) is 1.76. The van der Waals surface area contributed by atoms with Crippen molar-refractivity contribution in [2.75, 3.05) is 31.1 Å². The molecule has 2 aromatic rings. The molecule has 0 saturated carbocycles. The summed E-state index contributed by atoms with van der Waals surface area (Å²) in [7, 11) is 0. The Hall–Kier alpha value is -1.66. The zero-order valence-electron chi connectivity index (χ0n) is 10.9. The molecule has 0 spiro atoms. The number of aromatic nitrogens is 2. The zero-order chi connectivity index (χ0) is 13.8. The first kappa shape index (κ1) is 13.3. The van der Waals surface area contributed by atoms with Gasteiger partial charge in [-0.05, 0) is 36.0 Å². The van der Waals surface area contributed by atoms with E-state index in [1.54, 1.807) is 12.3 Å². The van der Waals surface area contributed by atoms with Crippen molar-refractivity contribution in [1.82, 2.24) is 15.3 Å². The van der Waals surface area contributed by atoms with Crippen molar-refractivity contribution in [2.24, 2.45) is 0 Å². The molecule has 0 unspecified atom stereocenters. The lowest BCUT2D eigenvalue weighted by Gasteiger charge is -2.28. The Labute approximate surface area is 121 Å². The van der Waals surface area contributed by atoms with Crippen LogP contribution < -0.4 is 10.2 Å². The summed E-state index contributed by atoms with van der Waals surface area (Å²) in [5.41, 5.74) is 0. The number of anilines is 1. The summed E-state index contributed by atoms with van der Waals surface area (Å²) < 4.78 is 13.2. The lowest BCUT2D eigenvalue weighted by atomic mass is 10.3. The quantitative estimate of drug-likeness (QED) is 0.878. The van der Waals surface area contributed by atoms with Gasteiger partial charge in [-0.25, -0.2) is 14.4 Å². The minimum absolute atomic E-state index is 0.242. The number of benzene rings is 1. The maximum Gasteiger partial charge on any atom is 0.194 e. The van der Waals surface area contributed by atoms with E-state index < -0.39 is 0 Å². The minimum Gasteiger partial charge on any atom is -0.354 e. The van der Waals surface area contributed by atoms with Crippen LogP contribution in [0, 0.1) is 5.82 Å². The number of nitrogens with zero attached hydrogens (tertiary/aromatic N) is 3. The molecule has 6 heteroatoms. The molecule has 1 N–H and O–H groups in total. The standard InChI is InChI=1S/C14H15FN4S/c15-11-2-1-3-12(10-11)20-14-17-5-4-13(18-14)19-8-6-16-7-9-19/h1-5,10,16H,6-9H2. The van der Waals surface area contributed by atoms with Crippen molar-refractivity contribution >= 4 is 17.6 Å². The van der Waals surface area contributed by atoms with Gasteiger partial charge in [0.1, 0.15) is 11.6 Å². The van der Waals surface area contributed by atoms with E-state index in [4.69, 9.17) is 0 Å². The van der Waals surface area contributed by atoms with Crippen LogP contribution in [0.1, 0.15) is 0 Å². The topological polar surface area (TPSA) is 41.1 Å². The van der Waals surface area contributed by atoms with Crippen molar-refractivity contribution in [3.8, 4) is 0 Å². The van der Waals surface area contributed by atoms with Crippen LogP contribution in [0.5, 0.6) is 0 Å². The summed E-state index contributed by atoms with van der Waals surface area (Å²) in [5, 5.41) is 3.96. The van der Waals surface area contributed by atoms with Crippen LogP contribution in [0.2, 0.25) is 0 Å². The summed E-state index contributed by atoms with van der Waals surface area (Å²) in [6, 6.07) is 8.39. The molecule has 0 amide bonds. The molecule has 2 heterocycles. The van der Waals surface area contributed by atoms with E-state index in [0.717, 1.165) is 36.9 Å². The van der Waals surface area contributed by atoms with Crippen molar-refractivity contribution in [3.05, 3.63) is 42.3 Å². The number of nitrogens with one attached hydrogen (secondary N) is 1. The largest absolute Gasteiger partial charge is 0.354 e. The second kappa shape index (κ2) is 6.19. The molecule has 4 nitrogen and oxygen atoms in total. The Kier molecular flexibility index (Phi) is 4.13. The van der Waals surface area contributed by atoms with Crippen LogP contribution in [0.15, 0.2) is 46.6 Å². The second-order valence-corrected chi connectivity index (χ2v) is 5.53. The molecule has 1 saturated heterocycles. The Morgan fingerprint density at radius 1 is 1.20 bits per heavy atom. The monoisotopic (exact) mass is 290 g/mol. The fraction of sp³-hybridized carbons (Fsp3) is 0.286. The molecule has 0 bridgehead atoms. The van der Waals surface area contributed by atoms with Crippen molar-refractivity contribution in [2.45, 2.75) is 10.1 Å². The molecule has 0 aliphatic carbocycles. The molecule has 20 heavy (non-hydrogen) atoms. The van der Waals surface area contributed by atoms with Gasteiger partial charge in [0.2, 0.25) is 0 Å². The molecular weight excluding hydrogens is 275 g/mol. The minimum atomic E-state index is -0.242. The number of piperazine rings is 1. The third-order valence-electron chi connectivity index (χ3n) is 3.06. The van der Waals surface area contributed by atoms with Crippen molar-refractivity contribution < 1.29 is 4.39 Å². The van der Waals surface area contributed by atoms with Crippen LogP contribution in [0.4, 0.5) is 10.2 Å². The van der Waals surface area contributed by atoms with Crippen LogP contribution in [-0.2, 0) is 0 Å². The van der Waals surface area contributed by atoms with Gasteiger partial charge in [-0.1, -0.05) is 6.07 Å². The van der Waals surface area contributed by atoms with Gasteiger partial charge in [0.05, 0.1) is 0 Å². The second-order valence-electron chi connectivity index (χ2n) is 4.49. The summed E-state index contributed by atoms with van der Waals surface area (Å²) in [5.74, 6) is 0.689. The summed E-state index contributed by atoms with van der Waals surface area (Å²) in [4.78, 5) is 11.8. The fourth-order valence-corrected chi connectivity index (χ4v) is 2.87. The first-order chi connectivity index (χ1) is 9.81. The van der Waals surface area contributed by atoms with Crippen LogP contribution >= 0.6 is 11.8 Å². The molecule has 1 aromatic carbocycles. The summed E-state index contributed by atoms with van der Waals surface area (Å²) >= 11 is 1.38. The molecule has 0 radical (unpaired) electrons. The Morgan fingerprint density at radius 3 is 2.85 bits per heavy atom. The molecule has 1 aliphatic rings. The average Bonchev–Trinajstić information content (AvgIpc) is 2.48. The SMILES string of the molecule is Fc1cccc(Sc2nccc(N3CCNCC3)n2)c1. The molecule has 1 aromatic heterocycles. The van der Waals surface area contributed by atoms with Gasteiger partial charge in [0, 0.05) is 37.3 Å². The van der Waals surface area contributed by atoms with E-state index in [9.17, 15) is 4.39 Å². The maximum atomic E-state index is 13.2. The van der Waals surface area contributed by atoms with Gasteiger partial charge in [0.15, 0.2) is 5.16 Å². The fourth-order valence-electron chi connectivity index (χ4n) is 2.09. The highest BCUT2D eigenvalue weighted by molar-refractivity contribution is 7.99. The summed E-state index contributed by atoms with van der Waals surface area (Å²) in [6.45, 7) is 3.83. The Bertz CT molecular complexity index is 587. The Morgan fingerprint density at radius 2 is 2.05 bits per heavy atom. The Balaban J connectivity index is 1.77. The average molecular weight is 290 g/mol. The van der Waals surface area contributed by atoms with E-state index in [2.05, 4.69) is 20.2 Å². The lowest BCUT2D eigenvalue weighted by Crippen LogP contribution is -2.43. The van der Waals surface area contributed by atoms with E-state index in [-0.39, 0.29) is 5.82 Å². The van der Waals surface area contributed by atoms with Crippen LogP contribution in [-0.4, -0.2) is 36.1 Å². The van der Waals surface area contributed by atoms with Gasteiger partial charge in [-0.3, -0.25) is 0 Å².